The van der Waals surface area contributed by atoms with E-state index in [0.29, 0.717) is 6.54 Å². The second-order valence-corrected chi connectivity index (χ2v) is 23.4. The highest BCUT2D eigenvalue weighted by Gasteiger charge is 2.59. The summed E-state index contributed by atoms with van der Waals surface area (Å²) in [5.41, 5.74) is -6.49. The van der Waals surface area contributed by atoms with E-state index in [1.165, 1.54) is 63.5 Å². The van der Waals surface area contributed by atoms with Crippen LogP contribution in [0.5, 0.6) is 5.75 Å². The summed E-state index contributed by atoms with van der Waals surface area (Å²) in [4.78, 5) is 18.8. The number of likely N-dealkylation sites (N-methyl/N-ethyl adjacent to an activating group) is 1. The molecule has 410 valence electrons. The number of carbonyl (C=O) groups excluding carboxylic acids is 1. The van der Waals surface area contributed by atoms with Crippen molar-refractivity contribution < 1.29 is 71.2 Å². The van der Waals surface area contributed by atoms with Crippen LogP contribution in [0.4, 0.5) is 4.39 Å². The molecule has 72 heavy (non-hydrogen) atoms. The number of aliphatic hydroxyl groups is 4. The van der Waals surface area contributed by atoms with Gasteiger partial charge in [0.1, 0.15) is 45.7 Å². The van der Waals surface area contributed by atoms with Gasteiger partial charge in [-0.05, 0) is 130 Å². The van der Waals surface area contributed by atoms with E-state index in [4.69, 9.17) is 44.8 Å². The van der Waals surface area contributed by atoms with Gasteiger partial charge < -0.3 is 64.2 Å². The Morgan fingerprint density at radius 2 is 1.64 bits per heavy atom. The smallest absolute Gasteiger partial charge is 0.311 e. The van der Waals surface area contributed by atoms with E-state index in [1.807, 2.05) is 13.8 Å². The molecular weight excluding hydrogens is 979 g/mol. The number of nitrogens with zero attached hydrogens (tertiary/aromatic N) is 2. The molecule has 21 heteroatoms. The van der Waals surface area contributed by atoms with E-state index < -0.39 is 123 Å². The fourth-order valence-corrected chi connectivity index (χ4v) is 12.2. The zero-order valence-corrected chi connectivity index (χ0v) is 45.8. The second kappa shape index (κ2) is 24.5. The summed E-state index contributed by atoms with van der Waals surface area (Å²) in [6.45, 7) is 19.9. The van der Waals surface area contributed by atoms with Gasteiger partial charge in [-0.15, -0.1) is 0 Å². The molecule has 0 bridgehead atoms. The summed E-state index contributed by atoms with van der Waals surface area (Å²) in [5.74, 6) is -3.67. The number of methoxy groups -OCH3 is 1. The van der Waals surface area contributed by atoms with Crippen LogP contribution in [0.3, 0.4) is 0 Å². The molecule has 0 radical (unpaired) electrons. The number of carbonyl (C=O) groups is 1. The van der Waals surface area contributed by atoms with Gasteiger partial charge in [-0.1, -0.05) is 45.4 Å². The third-order valence-electron chi connectivity index (χ3n) is 15.2. The average Bonchev–Trinajstić information content (AvgIpc) is 3.32. The Hall–Kier alpha value is -2.67. The molecule has 1 aromatic heterocycles. The summed E-state index contributed by atoms with van der Waals surface area (Å²) >= 11 is 6.18. The van der Waals surface area contributed by atoms with Crippen LogP contribution in [-0.2, 0) is 43.2 Å². The molecule has 0 aliphatic carbocycles. The first-order chi connectivity index (χ1) is 33.6. The lowest BCUT2D eigenvalue weighted by atomic mass is 9.75. The topological polar surface area (TPSA) is 237 Å². The molecule has 3 aliphatic heterocycles. The maximum atomic E-state index is 14.7. The van der Waals surface area contributed by atoms with Gasteiger partial charge in [0.25, 0.3) is 10.0 Å². The van der Waals surface area contributed by atoms with E-state index in [1.54, 1.807) is 55.4 Å². The van der Waals surface area contributed by atoms with E-state index in [0.717, 1.165) is 10.7 Å². The number of cyclic esters (lactones) is 1. The Balaban J connectivity index is 1.66. The molecule has 5 rings (SSSR count). The van der Waals surface area contributed by atoms with Crippen LogP contribution in [0.2, 0.25) is 5.15 Å². The Morgan fingerprint density at radius 3 is 2.25 bits per heavy atom. The summed E-state index contributed by atoms with van der Waals surface area (Å²) in [7, 11) is -1.49. The molecule has 18 nitrogen and oxygen atoms in total. The largest absolute Gasteiger partial charge is 0.483 e. The summed E-state index contributed by atoms with van der Waals surface area (Å²) < 4.78 is 90.1. The zero-order chi connectivity index (χ0) is 53.7. The van der Waals surface area contributed by atoms with Crippen molar-refractivity contribution in [2.45, 2.75) is 203 Å². The third kappa shape index (κ3) is 13.5. The lowest BCUT2D eigenvalue weighted by molar-refractivity contribution is -0.335. The predicted molar refractivity (Wildman–Crippen MR) is 267 cm³/mol. The van der Waals surface area contributed by atoms with Gasteiger partial charge in [-0.25, -0.2) is 17.8 Å². The fraction of sp³-hybridized carbons (Fsp3) is 0.765. The van der Waals surface area contributed by atoms with Crippen molar-refractivity contribution in [3.05, 3.63) is 53.4 Å². The first-order valence-electron chi connectivity index (χ1n) is 25.3. The number of nitrogens with one attached hydrogen (secondary N) is 2. The predicted octanol–water partition coefficient (Wildman–Crippen LogP) is 4.96. The summed E-state index contributed by atoms with van der Waals surface area (Å²) in [5, 5.41) is 54.9. The van der Waals surface area contributed by atoms with Crippen molar-refractivity contribution in [1.82, 2.24) is 19.9 Å². The van der Waals surface area contributed by atoms with Gasteiger partial charge in [0.05, 0.1) is 42.0 Å². The van der Waals surface area contributed by atoms with Crippen molar-refractivity contribution >= 4 is 27.6 Å². The van der Waals surface area contributed by atoms with Gasteiger partial charge >= 0.3 is 5.97 Å². The van der Waals surface area contributed by atoms with Gasteiger partial charge in [0.2, 0.25) is 0 Å². The molecule has 0 saturated carbocycles. The average molecular weight is 1060 g/mol. The van der Waals surface area contributed by atoms with Gasteiger partial charge in [0.15, 0.2) is 23.7 Å². The van der Waals surface area contributed by atoms with Gasteiger partial charge in [-0.3, -0.25) is 4.79 Å². The number of benzene rings is 1. The van der Waals surface area contributed by atoms with Crippen LogP contribution in [0.1, 0.15) is 108 Å². The number of aliphatic hydroxyl groups excluding tert-OH is 1. The van der Waals surface area contributed by atoms with Crippen molar-refractivity contribution in [3.63, 3.8) is 0 Å². The molecule has 3 fully saturated rings. The Labute approximate surface area is 431 Å². The first kappa shape index (κ1) is 60.2. The number of hydrogen-bond donors (Lipinski definition) is 6. The molecular formula is C51H82ClFN4O14S. The molecule has 3 aliphatic rings. The number of esters is 1. The minimum absolute atomic E-state index is 0.00899. The third-order valence-corrected chi connectivity index (χ3v) is 17.2. The minimum atomic E-state index is -4.37. The van der Waals surface area contributed by atoms with Crippen LogP contribution in [0, 0.1) is 23.6 Å². The fourth-order valence-electron chi connectivity index (χ4n) is 10.7. The number of sulfonamides is 1. The highest BCUT2D eigenvalue weighted by Crippen LogP contribution is 2.44. The molecule has 0 amide bonds. The SMILES string of the molecule is CCCNC[C@]1(O)[C@H](C)OC(O[C@H]2[C@H](C)[C@@H](O[C@@H]3O[C@H](C)C[C@H](N(C)S(=O)(=O)c4cccc(Cl)n4)[C@H]3Oc3ccc(F)cc3)[C@](C)(O)C[C@@H](C)CN[C@H](C)[C@@H](O)[C@](C)(O)[C@@H](CC)OC(=O)[C@@H]2C)C[C@@]1(C)OC. The molecule has 0 spiro atoms. The van der Waals surface area contributed by atoms with Crippen LogP contribution < -0.4 is 15.4 Å². The maximum absolute atomic E-state index is 14.7. The number of pyridine rings is 1. The molecule has 18 atom stereocenters. The highest BCUT2D eigenvalue weighted by molar-refractivity contribution is 7.89. The van der Waals surface area contributed by atoms with Gasteiger partial charge in [-0.2, -0.15) is 4.31 Å². The molecule has 6 N–H and O–H groups in total. The molecule has 4 heterocycles. The van der Waals surface area contributed by atoms with E-state index in [9.17, 15) is 38.0 Å². The van der Waals surface area contributed by atoms with Crippen molar-refractivity contribution in [2.24, 2.45) is 17.8 Å². The van der Waals surface area contributed by atoms with Crippen LogP contribution in [-0.4, -0.2) is 168 Å². The van der Waals surface area contributed by atoms with Crippen molar-refractivity contribution in [2.75, 3.05) is 33.8 Å². The summed E-state index contributed by atoms with van der Waals surface area (Å²) in [6.07, 6.45) is -9.43. The summed E-state index contributed by atoms with van der Waals surface area (Å²) in [6, 6.07) is 7.70. The lowest BCUT2D eigenvalue weighted by Crippen LogP contribution is -2.70. The normalized spacial score (nSPS) is 40.0. The lowest BCUT2D eigenvalue weighted by Gasteiger charge is -2.53. The molecule has 2 aromatic rings. The van der Waals surface area contributed by atoms with E-state index in [-0.39, 0.29) is 60.6 Å². The zero-order valence-electron chi connectivity index (χ0n) is 44.2. The maximum Gasteiger partial charge on any atom is 0.311 e. The number of aromatic nitrogens is 1. The Bertz CT molecular complexity index is 2180. The number of halogens is 2. The molecule has 1 aromatic carbocycles. The highest BCUT2D eigenvalue weighted by atomic mass is 35.5. The number of rotatable bonds is 15. The van der Waals surface area contributed by atoms with Crippen LogP contribution in [0.15, 0.2) is 47.5 Å². The minimum Gasteiger partial charge on any atom is -0.483 e. The second-order valence-electron chi connectivity index (χ2n) is 21.1. The van der Waals surface area contributed by atoms with E-state index in [2.05, 4.69) is 15.6 Å². The van der Waals surface area contributed by atoms with Crippen molar-refractivity contribution in [1.29, 1.82) is 0 Å². The standard InChI is InChI=1S/C51H82ClFN4O14S/c1-14-23-54-28-51(62)34(8)67-41(26-49(51,10)65-13)70-42-31(5)45(48(9,60)25-29(3)27-55-33(7)44(58)50(11,61)38(15-2)69-46(59)32(42)6)71-47-43(68-36-21-19-35(53)20-22-36)37(24-30(4)66-47)57(12)72(63,64)40-18-16-17-39(52)56-40/h16-22,29-34,37-38,41-45,47,54-55,58,60-62H,14-15,23-28H2,1-13H3/t29-,30-,31+,32-,33-,34+,37+,38-,41?,42+,43-,44-,45-,47+,48-,49-,50-,51+/m1/s1. The van der Waals surface area contributed by atoms with Crippen LogP contribution in [0.25, 0.3) is 0 Å². The molecule has 3 saturated heterocycles. The van der Waals surface area contributed by atoms with Gasteiger partial charge in [0, 0.05) is 39.1 Å². The Kier molecular flexibility index (Phi) is 20.5. The van der Waals surface area contributed by atoms with E-state index >= 15 is 0 Å². The molecule has 1 unspecified atom stereocenters. The van der Waals surface area contributed by atoms with Crippen molar-refractivity contribution in [3.8, 4) is 5.75 Å². The first-order valence-corrected chi connectivity index (χ1v) is 27.1. The monoisotopic (exact) mass is 1060 g/mol. The number of hydrogen-bond acceptors (Lipinski definition) is 17. The quantitative estimate of drug-likeness (QED) is 0.0785. The number of ether oxygens (including phenoxy) is 7. The van der Waals surface area contributed by atoms with Crippen LogP contribution >= 0.6 is 11.6 Å². The Morgan fingerprint density at radius 1 is 0.972 bits per heavy atom.